The van der Waals surface area contributed by atoms with E-state index in [9.17, 15) is 13.2 Å². The molecule has 1 fully saturated rings. The van der Waals surface area contributed by atoms with Gasteiger partial charge in [-0.3, -0.25) is 0 Å². The van der Waals surface area contributed by atoms with Gasteiger partial charge in [-0.05, 0) is 12.8 Å². The largest absolute Gasteiger partial charge is 0.406 e. The van der Waals surface area contributed by atoms with Crippen LogP contribution in [-0.2, 0) is 4.74 Å². The maximum absolute atomic E-state index is 11.9. The molecule has 2 nitrogen and oxygen atoms in total. The Morgan fingerprint density at radius 1 is 1.42 bits per heavy atom. The van der Waals surface area contributed by atoms with E-state index in [1.165, 1.54) is 0 Å². The Labute approximate surface area is 74.7 Å². The molecule has 1 aliphatic heterocycles. The van der Waals surface area contributed by atoms with Crippen molar-refractivity contribution < 1.29 is 17.9 Å². The third kappa shape index (κ3) is 2.80. The molecule has 1 saturated heterocycles. The van der Waals surface area contributed by atoms with E-state index in [2.05, 4.69) is 0 Å². The van der Waals surface area contributed by atoms with Gasteiger partial charge in [0.1, 0.15) is 6.04 Å². The number of hydrogen-bond acceptors (Lipinski definition) is 2. The van der Waals surface area contributed by atoms with E-state index < -0.39 is 18.3 Å². The Bertz CT molecular complexity index is 135. The highest BCUT2D eigenvalue weighted by Crippen LogP contribution is 2.26. The average Bonchev–Trinajstić information content (AvgIpc) is 2.34. The molecule has 1 heterocycles. The lowest BCUT2D eigenvalue weighted by molar-refractivity contribution is -0.170. The van der Waals surface area contributed by atoms with Crippen molar-refractivity contribution in [1.82, 2.24) is 0 Å². The molecular formula is C6H11ClF3NO. The monoisotopic (exact) mass is 205 g/mol. The van der Waals surface area contributed by atoms with Crippen LogP contribution in [0, 0.1) is 0 Å². The highest BCUT2D eigenvalue weighted by molar-refractivity contribution is 5.85. The summed E-state index contributed by atoms with van der Waals surface area (Å²) in [5.41, 5.74) is 4.91. The van der Waals surface area contributed by atoms with Crippen LogP contribution in [0.25, 0.3) is 0 Å². The number of ether oxygens (including phenoxy) is 1. The van der Waals surface area contributed by atoms with Crippen LogP contribution >= 0.6 is 12.4 Å². The zero-order valence-corrected chi connectivity index (χ0v) is 7.12. The zero-order valence-electron chi connectivity index (χ0n) is 6.30. The zero-order chi connectivity index (χ0) is 8.48. The normalized spacial score (nSPS) is 26.5. The van der Waals surface area contributed by atoms with E-state index in [1.807, 2.05) is 0 Å². The fraction of sp³-hybridized carbons (Fsp3) is 1.00. The van der Waals surface area contributed by atoms with Crippen LogP contribution in [-0.4, -0.2) is 24.9 Å². The van der Waals surface area contributed by atoms with Gasteiger partial charge in [-0.1, -0.05) is 0 Å². The minimum Gasteiger partial charge on any atom is -0.376 e. The fourth-order valence-electron chi connectivity index (χ4n) is 1.10. The molecule has 0 aromatic carbocycles. The second-order valence-electron chi connectivity index (χ2n) is 2.62. The second-order valence-corrected chi connectivity index (χ2v) is 2.62. The minimum absolute atomic E-state index is 0. The molecule has 2 unspecified atom stereocenters. The smallest absolute Gasteiger partial charge is 0.376 e. The minimum atomic E-state index is -4.32. The van der Waals surface area contributed by atoms with Gasteiger partial charge >= 0.3 is 6.18 Å². The van der Waals surface area contributed by atoms with Gasteiger partial charge in [-0.15, -0.1) is 12.4 Å². The Kier molecular flexibility index (Phi) is 4.30. The molecule has 0 aromatic heterocycles. The molecule has 0 aliphatic carbocycles. The van der Waals surface area contributed by atoms with Gasteiger partial charge in [0.15, 0.2) is 0 Å². The Balaban J connectivity index is 0.00000121. The molecule has 12 heavy (non-hydrogen) atoms. The van der Waals surface area contributed by atoms with E-state index in [-0.39, 0.29) is 12.4 Å². The van der Waals surface area contributed by atoms with E-state index in [0.717, 1.165) is 0 Å². The van der Waals surface area contributed by atoms with E-state index in [0.29, 0.717) is 19.4 Å². The molecule has 2 atom stereocenters. The highest BCUT2D eigenvalue weighted by Gasteiger charge is 2.43. The van der Waals surface area contributed by atoms with Gasteiger partial charge < -0.3 is 10.5 Å². The van der Waals surface area contributed by atoms with Crippen molar-refractivity contribution in [1.29, 1.82) is 0 Å². The number of nitrogens with two attached hydrogens (primary N) is 1. The number of hydrogen-bond donors (Lipinski definition) is 1. The van der Waals surface area contributed by atoms with E-state index in [4.69, 9.17) is 10.5 Å². The molecular weight excluding hydrogens is 195 g/mol. The summed E-state index contributed by atoms with van der Waals surface area (Å²) in [6.45, 7) is 0.397. The summed E-state index contributed by atoms with van der Waals surface area (Å²) in [6, 6.07) is -1.81. The summed E-state index contributed by atoms with van der Waals surface area (Å²) in [4.78, 5) is 0. The van der Waals surface area contributed by atoms with Crippen molar-refractivity contribution in [2.45, 2.75) is 31.2 Å². The van der Waals surface area contributed by atoms with Crippen LogP contribution in [0.15, 0.2) is 0 Å². The van der Waals surface area contributed by atoms with Gasteiger partial charge in [0.25, 0.3) is 0 Å². The fourth-order valence-corrected chi connectivity index (χ4v) is 1.10. The third-order valence-electron chi connectivity index (χ3n) is 1.74. The van der Waals surface area contributed by atoms with Gasteiger partial charge in [0, 0.05) is 6.61 Å². The predicted octanol–water partition coefficient (Wildman–Crippen LogP) is 1.48. The van der Waals surface area contributed by atoms with Gasteiger partial charge in [-0.2, -0.15) is 13.2 Å². The van der Waals surface area contributed by atoms with E-state index in [1.54, 1.807) is 0 Å². The van der Waals surface area contributed by atoms with Crippen molar-refractivity contribution >= 4 is 12.4 Å². The first-order valence-corrected chi connectivity index (χ1v) is 3.45. The summed E-state index contributed by atoms with van der Waals surface area (Å²) < 4.78 is 40.5. The highest BCUT2D eigenvalue weighted by atomic mass is 35.5. The SMILES string of the molecule is Cl.NC(C1CCCO1)C(F)(F)F. The van der Waals surface area contributed by atoms with Gasteiger partial charge in [-0.25, -0.2) is 0 Å². The lowest BCUT2D eigenvalue weighted by Crippen LogP contribution is -2.46. The maximum atomic E-state index is 11.9. The molecule has 0 bridgehead atoms. The van der Waals surface area contributed by atoms with Crippen LogP contribution < -0.4 is 5.73 Å². The topological polar surface area (TPSA) is 35.2 Å². The molecule has 0 radical (unpaired) electrons. The molecule has 1 aliphatic rings. The molecule has 0 amide bonds. The number of alkyl halides is 3. The van der Waals surface area contributed by atoms with Crippen molar-refractivity contribution in [3.05, 3.63) is 0 Å². The quantitative estimate of drug-likeness (QED) is 0.704. The summed E-state index contributed by atoms with van der Waals surface area (Å²) in [5.74, 6) is 0. The van der Waals surface area contributed by atoms with Crippen LogP contribution in [0.5, 0.6) is 0 Å². The van der Waals surface area contributed by atoms with Gasteiger partial charge in [0.05, 0.1) is 6.10 Å². The van der Waals surface area contributed by atoms with Crippen LogP contribution in [0.4, 0.5) is 13.2 Å². The third-order valence-corrected chi connectivity index (χ3v) is 1.74. The summed E-state index contributed by atoms with van der Waals surface area (Å²) in [5, 5.41) is 0. The Morgan fingerprint density at radius 2 is 2.00 bits per heavy atom. The first kappa shape index (κ1) is 12.0. The summed E-state index contributed by atoms with van der Waals surface area (Å²) in [7, 11) is 0. The Morgan fingerprint density at radius 3 is 2.33 bits per heavy atom. The summed E-state index contributed by atoms with van der Waals surface area (Å²) >= 11 is 0. The standard InChI is InChI=1S/C6H10F3NO.ClH/c7-6(8,9)5(10)4-2-1-3-11-4;/h4-5H,1-3,10H2;1H. The first-order valence-electron chi connectivity index (χ1n) is 3.45. The molecule has 0 aromatic rings. The van der Waals surface area contributed by atoms with Crippen LogP contribution in [0.3, 0.4) is 0 Å². The van der Waals surface area contributed by atoms with Crippen molar-refractivity contribution in [2.24, 2.45) is 5.73 Å². The summed E-state index contributed by atoms with van der Waals surface area (Å²) in [6.07, 6.45) is -4.06. The predicted molar refractivity (Wildman–Crippen MR) is 40.3 cm³/mol. The van der Waals surface area contributed by atoms with Gasteiger partial charge in [0.2, 0.25) is 0 Å². The molecule has 74 valence electrons. The van der Waals surface area contributed by atoms with Crippen molar-refractivity contribution in [3.63, 3.8) is 0 Å². The van der Waals surface area contributed by atoms with Crippen LogP contribution in [0.1, 0.15) is 12.8 Å². The van der Waals surface area contributed by atoms with Crippen LogP contribution in [0.2, 0.25) is 0 Å². The average molecular weight is 206 g/mol. The maximum Gasteiger partial charge on any atom is 0.406 e. The molecule has 0 spiro atoms. The molecule has 0 saturated carbocycles. The second kappa shape index (κ2) is 4.30. The van der Waals surface area contributed by atoms with E-state index >= 15 is 0 Å². The lowest BCUT2D eigenvalue weighted by atomic mass is 10.1. The lowest BCUT2D eigenvalue weighted by Gasteiger charge is -2.20. The molecule has 2 N–H and O–H groups in total. The first-order chi connectivity index (χ1) is 5.02. The van der Waals surface area contributed by atoms with Crippen molar-refractivity contribution in [2.75, 3.05) is 6.61 Å². The molecule has 1 rings (SSSR count). The van der Waals surface area contributed by atoms with Crippen molar-refractivity contribution in [3.8, 4) is 0 Å². The Hall–Kier alpha value is -0.0000000000000000555. The number of rotatable bonds is 1. The number of halogens is 4. The molecule has 6 heteroatoms.